The van der Waals surface area contributed by atoms with E-state index in [4.69, 9.17) is 9.47 Å². The Kier molecular flexibility index (Phi) is 4.47. The van der Waals surface area contributed by atoms with Crippen LogP contribution in [0, 0.1) is 6.92 Å². The molecule has 1 aromatic heterocycles. The number of aryl methyl sites for hydroxylation is 1. The van der Waals surface area contributed by atoms with E-state index >= 15 is 0 Å². The second-order valence-electron chi connectivity index (χ2n) is 4.64. The summed E-state index contributed by atoms with van der Waals surface area (Å²) in [6, 6.07) is 5.54. The smallest absolute Gasteiger partial charge is 0.255 e. The summed E-state index contributed by atoms with van der Waals surface area (Å²) in [7, 11) is 4.98. The quantitative estimate of drug-likeness (QED) is 0.909. The van der Waals surface area contributed by atoms with Gasteiger partial charge in [-0.25, -0.2) is 0 Å². The minimum Gasteiger partial charge on any atom is -0.493 e. The van der Waals surface area contributed by atoms with Crippen molar-refractivity contribution in [3.8, 4) is 11.5 Å². The molecule has 6 heteroatoms. The van der Waals surface area contributed by atoms with Crippen molar-refractivity contribution < 1.29 is 14.3 Å². The number of nitrogens with one attached hydrogen (secondary N) is 1. The molecule has 0 aliphatic rings. The third-order valence-electron chi connectivity index (χ3n) is 3.38. The van der Waals surface area contributed by atoms with E-state index in [0.29, 0.717) is 23.6 Å². The summed E-state index contributed by atoms with van der Waals surface area (Å²) in [5, 5.41) is 6.93. The van der Waals surface area contributed by atoms with Crippen LogP contribution in [0.15, 0.2) is 24.4 Å². The lowest BCUT2D eigenvalue weighted by Crippen LogP contribution is -2.23. The average Bonchev–Trinajstić information content (AvgIpc) is 2.84. The zero-order valence-electron chi connectivity index (χ0n) is 12.6. The Morgan fingerprint density at radius 1 is 1.29 bits per heavy atom. The number of ether oxygens (including phenoxy) is 2. The second-order valence-corrected chi connectivity index (χ2v) is 4.64. The monoisotopic (exact) mass is 289 g/mol. The fourth-order valence-corrected chi connectivity index (χ4v) is 1.99. The number of carbonyl (C=O) groups is 1. The highest BCUT2D eigenvalue weighted by atomic mass is 16.5. The van der Waals surface area contributed by atoms with E-state index in [2.05, 4.69) is 10.4 Å². The van der Waals surface area contributed by atoms with Crippen LogP contribution in [0.2, 0.25) is 0 Å². The van der Waals surface area contributed by atoms with Crippen LogP contribution in [0.1, 0.15) is 21.6 Å². The molecule has 0 radical (unpaired) electrons. The Hall–Kier alpha value is -2.50. The standard InChI is InChI=1S/C15H19N3O3/c1-10-12(9-17-18(10)2)15(19)16-8-11-5-6-13(20-3)14(7-11)21-4/h5-7,9H,8H2,1-4H3,(H,16,19). The summed E-state index contributed by atoms with van der Waals surface area (Å²) < 4.78 is 12.1. The highest BCUT2D eigenvalue weighted by Crippen LogP contribution is 2.27. The highest BCUT2D eigenvalue weighted by Gasteiger charge is 2.12. The Morgan fingerprint density at radius 2 is 2.00 bits per heavy atom. The molecule has 2 aromatic rings. The molecular weight excluding hydrogens is 270 g/mol. The van der Waals surface area contributed by atoms with E-state index in [-0.39, 0.29) is 5.91 Å². The molecule has 0 spiro atoms. The van der Waals surface area contributed by atoms with Gasteiger partial charge in [0.15, 0.2) is 11.5 Å². The second kappa shape index (κ2) is 6.30. The van der Waals surface area contributed by atoms with E-state index in [0.717, 1.165) is 11.3 Å². The predicted molar refractivity (Wildman–Crippen MR) is 78.7 cm³/mol. The van der Waals surface area contributed by atoms with Gasteiger partial charge < -0.3 is 14.8 Å². The summed E-state index contributed by atoms with van der Waals surface area (Å²) in [6.07, 6.45) is 1.57. The van der Waals surface area contributed by atoms with E-state index in [1.807, 2.05) is 25.1 Å². The van der Waals surface area contributed by atoms with Crippen molar-refractivity contribution in [3.63, 3.8) is 0 Å². The maximum absolute atomic E-state index is 12.1. The number of amides is 1. The molecule has 0 fully saturated rings. The summed E-state index contributed by atoms with van der Waals surface area (Å²) >= 11 is 0. The van der Waals surface area contributed by atoms with Gasteiger partial charge in [0, 0.05) is 19.3 Å². The fraction of sp³-hybridized carbons (Fsp3) is 0.333. The lowest BCUT2D eigenvalue weighted by atomic mass is 10.2. The third kappa shape index (κ3) is 3.16. The van der Waals surface area contributed by atoms with Crippen LogP contribution in [0.4, 0.5) is 0 Å². The third-order valence-corrected chi connectivity index (χ3v) is 3.38. The molecule has 2 rings (SSSR count). The Labute approximate surface area is 123 Å². The molecular formula is C15H19N3O3. The van der Waals surface area contributed by atoms with Crippen LogP contribution in [-0.2, 0) is 13.6 Å². The molecule has 6 nitrogen and oxygen atoms in total. The first-order valence-corrected chi connectivity index (χ1v) is 6.54. The van der Waals surface area contributed by atoms with Gasteiger partial charge in [0.25, 0.3) is 5.91 Å². The number of aromatic nitrogens is 2. The number of rotatable bonds is 5. The normalized spacial score (nSPS) is 10.3. The van der Waals surface area contributed by atoms with E-state index in [1.165, 1.54) is 0 Å². The lowest BCUT2D eigenvalue weighted by Gasteiger charge is -2.10. The minimum atomic E-state index is -0.143. The van der Waals surface area contributed by atoms with Crippen molar-refractivity contribution in [2.75, 3.05) is 14.2 Å². The van der Waals surface area contributed by atoms with Crippen molar-refractivity contribution in [2.45, 2.75) is 13.5 Å². The van der Waals surface area contributed by atoms with Crippen molar-refractivity contribution >= 4 is 5.91 Å². The lowest BCUT2D eigenvalue weighted by molar-refractivity contribution is 0.0950. The maximum Gasteiger partial charge on any atom is 0.255 e. The molecule has 1 heterocycles. The van der Waals surface area contributed by atoms with Crippen molar-refractivity contribution in [3.05, 3.63) is 41.2 Å². The molecule has 21 heavy (non-hydrogen) atoms. The SMILES string of the molecule is COc1ccc(CNC(=O)c2cnn(C)c2C)cc1OC. The zero-order valence-corrected chi connectivity index (χ0v) is 12.6. The summed E-state index contributed by atoms with van der Waals surface area (Å²) in [4.78, 5) is 12.1. The number of benzene rings is 1. The number of methoxy groups -OCH3 is 2. The Morgan fingerprint density at radius 3 is 2.57 bits per heavy atom. The van der Waals surface area contributed by atoms with Gasteiger partial charge in [-0.05, 0) is 24.6 Å². The molecule has 1 aromatic carbocycles. The van der Waals surface area contributed by atoms with E-state index in [9.17, 15) is 4.79 Å². The van der Waals surface area contributed by atoms with Gasteiger partial charge >= 0.3 is 0 Å². The molecule has 0 unspecified atom stereocenters. The average molecular weight is 289 g/mol. The van der Waals surface area contributed by atoms with Gasteiger partial charge in [0.2, 0.25) is 0 Å². The van der Waals surface area contributed by atoms with Gasteiger partial charge in [0.05, 0.1) is 26.0 Å². The molecule has 112 valence electrons. The minimum absolute atomic E-state index is 0.143. The number of carbonyl (C=O) groups excluding carboxylic acids is 1. The van der Waals surface area contributed by atoms with E-state index < -0.39 is 0 Å². The molecule has 0 aliphatic carbocycles. The van der Waals surface area contributed by atoms with Crippen LogP contribution in [0.3, 0.4) is 0 Å². The Balaban J connectivity index is 2.06. The first-order valence-electron chi connectivity index (χ1n) is 6.54. The van der Waals surface area contributed by atoms with Crippen LogP contribution in [0.5, 0.6) is 11.5 Å². The number of hydrogen-bond acceptors (Lipinski definition) is 4. The van der Waals surface area contributed by atoms with Gasteiger partial charge in [0.1, 0.15) is 0 Å². The van der Waals surface area contributed by atoms with Crippen molar-refractivity contribution in [1.82, 2.24) is 15.1 Å². The first-order chi connectivity index (χ1) is 10.1. The zero-order chi connectivity index (χ0) is 15.4. The predicted octanol–water partition coefficient (Wildman–Crippen LogP) is 1.68. The maximum atomic E-state index is 12.1. The largest absolute Gasteiger partial charge is 0.493 e. The number of nitrogens with zero attached hydrogens (tertiary/aromatic N) is 2. The van der Waals surface area contributed by atoms with Gasteiger partial charge in [-0.15, -0.1) is 0 Å². The first kappa shape index (κ1) is 14.9. The summed E-state index contributed by atoms with van der Waals surface area (Å²) in [6.45, 7) is 2.27. The van der Waals surface area contributed by atoms with Crippen LogP contribution in [-0.4, -0.2) is 29.9 Å². The Bertz CT molecular complexity index is 650. The molecule has 0 saturated heterocycles. The van der Waals surface area contributed by atoms with Gasteiger partial charge in [-0.3, -0.25) is 9.48 Å². The molecule has 1 amide bonds. The van der Waals surface area contributed by atoms with Crippen molar-refractivity contribution in [2.24, 2.45) is 7.05 Å². The molecule has 0 aliphatic heterocycles. The van der Waals surface area contributed by atoms with E-state index in [1.54, 1.807) is 32.1 Å². The molecule has 0 atom stereocenters. The van der Waals surface area contributed by atoms with Crippen molar-refractivity contribution in [1.29, 1.82) is 0 Å². The number of hydrogen-bond donors (Lipinski definition) is 1. The highest BCUT2D eigenvalue weighted by molar-refractivity contribution is 5.94. The van der Waals surface area contributed by atoms with Crippen LogP contribution in [0.25, 0.3) is 0 Å². The molecule has 0 bridgehead atoms. The molecule has 1 N–H and O–H groups in total. The van der Waals surface area contributed by atoms with Gasteiger partial charge in [-0.1, -0.05) is 6.07 Å². The fourth-order valence-electron chi connectivity index (χ4n) is 1.99. The summed E-state index contributed by atoms with van der Waals surface area (Å²) in [5.74, 6) is 1.16. The van der Waals surface area contributed by atoms with Crippen LogP contribution < -0.4 is 14.8 Å². The van der Waals surface area contributed by atoms with Crippen LogP contribution >= 0.6 is 0 Å². The summed E-state index contributed by atoms with van der Waals surface area (Å²) in [5.41, 5.74) is 2.35. The molecule has 0 saturated carbocycles. The topological polar surface area (TPSA) is 65.4 Å². The van der Waals surface area contributed by atoms with Gasteiger partial charge in [-0.2, -0.15) is 5.10 Å².